The summed E-state index contributed by atoms with van der Waals surface area (Å²) in [4.78, 5) is 23.1. The predicted octanol–water partition coefficient (Wildman–Crippen LogP) is 10.3. The highest BCUT2D eigenvalue weighted by Crippen LogP contribution is 2.36. The number of hydrogen-bond donors (Lipinski definition) is 5. The van der Waals surface area contributed by atoms with E-state index in [4.69, 9.17) is 9.53 Å². The molecule has 0 saturated heterocycles. The van der Waals surface area contributed by atoms with E-state index in [1.54, 1.807) is 0 Å². The smallest absolute Gasteiger partial charge is 0.314 e. The third-order valence-corrected chi connectivity index (χ3v) is 15.0. The summed E-state index contributed by atoms with van der Waals surface area (Å²) in [5, 5.41) is 22.9. The minimum absolute atomic E-state index is 0.0280. The van der Waals surface area contributed by atoms with Crippen LogP contribution in [0, 0.1) is 0 Å². The van der Waals surface area contributed by atoms with Gasteiger partial charge in [0.2, 0.25) is 0 Å². The fourth-order valence-corrected chi connectivity index (χ4v) is 11.3. The van der Waals surface area contributed by atoms with E-state index in [1.165, 1.54) is 36.1 Å². The molecule has 0 aliphatic heterocycles. The third kappa shape index (κ3) is 24.9. The number of carbonyl (C=O) groups excluding carboxylic acids is 2. The average Bonchev–Trinajstić information content (AvgIpc) is 3.21. The van der Waals surface area contributed by atoms with E-state index in [0.717, 1.165) is 123 Å². The van der Waals surface area contributed by atoms with E-state index in [0.29, 0.717) is 6.61 Å². The molecule has 0 aromatic heterocycles. The number of aliphatic hydroxyl groups excluding tert-OH is 1. The minimum atomic E-state index is -2.42. The van der Waals surface area contributed by atoms with Crippen molar-refractivity contribution in [2.45, 2.75) is 155 Å². The predicted molar refractivity (Wildman–Crippen MR) is 246 cm³/mol. The van der Waals surface area contributed by atoms with E-state index in [-0.39, 0.29) is 17.1 Å². The van der Waals surface area contributed by atoms with E-state index >= 15 is 0 Å². The van der Waals surface area contributed by atoms with Gasteiger partial charge in [-0.2, -0.15) is 0 Å². The van der Waals surface area contributed by atoms with Crippen molar-refractivity contribution >= 4 is 30.8 Å². The molecule has 4 amide bonds. The Morgan fingerprint density at radius 2 is 0.895 bits per heavy atom. The Hall–Kier alpha value is -3.40. The summed E-state index contributed by atoms with van der Waals surface area (Å²) in [5.41, 5.74) is 0. The summed E-state index contributed by atoms with van der Waals surface area (Å²) >= 11 is 0. The second kappa shape index (κ2) is 34.6. The van der Waals surface area contributed by atoms with Crippen LogP contribution >= 0.6 is 0 Å². The standard InChI is InChI=1S/C32H50N2O2Si.C16H32N2O2/c1-5-6-19-26-33-31(35)34-27-20-11-9-7-8-10-12-21-28-36-37(32(2,3)4,29-22-15-13-16-23-29)30-24-17-14-18-25-30;1-2-3-10-13-17-16(20)18-14-11-8-6-4-5-7-9-12-15-19/h7-8,13-18,22-25H,5-6,9-12,19-21,26-28H2,1-4H3,(H2,33,34,35);4-5,19H,2-3,6-15H2,1H3,(H2,17,18,20)/b8-7-;5-4-. The Kier molecular flexibility index (Phi) is 31.4. The van der Waals surface area contributed by atoms with Crippen LogP contribution in [0.4, 0.5) is 9.59 Å². The molecule has 0 aliphatic rings. The van der Waals surface area contributed by atoms with Gasteiger partial charge in [0.25, 0.3) is 8.32 Å². The zero-order valence-corrected chi connectivity index (χ0v) is 37.7. The highest BCUT2D eigenvalue weighted by Gasteiger charge is 2.49. The molecule has 0 unspecified atom stereocenters. The van der Waals surface area contributed by atoms with Crippen LogP contribution in [0.25, 0.3) is 0 Å². The lowest BCUT2D eigenvalue weighted by Gasteiger charge is -2.43. The van der Waals surface area contributed by atoms with Gasteiger partial charge in [-0.25, -0.2) is 9.59 Å². The van der Waals surface area contributed by atoms with Crippen molar-refractivity contribution in [1.29, 1.82) is 0 Å². The molecule has 0 saturated carbocycles. The Labute approximate surface area is 349 Å². The summed E-state index contributed by atoms with van der Waals surface area (Å²) in [6.07, 6.45) is 28.4. The summed E-state index contributed by atoms with van der Waals surface area (Å²) in [5.74, 6) is 0. The van der Waals surface area contributed by atoms with Crippen molar-refractivity contribution in [3.8, 4) is 0 Å². The van der Waals surface area contributed by atoms with Crippen LogP contribution in [-0.4, -0.2) is 64.9 Å². The van der Waals surface area contributed by atoms with E-state index in [9.17, 15) is 9.59 Å². The van der Waals surface area contributed by atoms with Crippen molar-refractivity contribution in [2.24, 2.45) is 0 Å². The van der Waals surface area contributed by atoms with Gasteiger partial charge in [-0.15, -0.1) is 0 Å². The molecular weight excluding hydrogens is 725 g/mol. The number of urea groups is 2. The van der Waals surface area contributed by atoms with Crippen LogP contribution in [0.1, 0.15) is 150 Å². The molecule has 0 aliphatic carbocycles. The average molecular weight is 807 g/mol. The highest BCUT2D eigenvalue weighted by molar-refractivity contribution is 6.99. The van der Waals surface area contributed by atoms with Crippen molar-refractivity contribution < 1.29 is 19.1 Å². The van der Waals surface area contributed by atoms with E-state index in [1.807, 2.05) is 0 Å². The molecule has 0 heterocycles. The van der Waals surface area contributed by atoms with Gasteiger partial charge in [0.15, 0.2) is 0 Å². The lowest BCUT2D eigenvalue weighted by atomic mass is 10.2. The van der Waals surface area contributed by atoms with Crippen LogP contribution in [0.2, 0.25) is 5.04 Å². The molecule has 0 radical (unpaired) electrons. The van der Waals surface area contributed by atoms with Crippen LogP contribution in [0.3, 0.4) is 0 Å². The van der Waals surface area contributed by atoms with Crippen LogP contribution < -0.4 is 31.6 Å². The summed E-state index contributed by atoms with van der Waals surface area (Å²) < 4.78 is 6.97. The number of rotatable bonds is 30. The maximum absolute atomic E-state index is 11.7. The van der Waals surface area contributed by atoms with Gasteiger partial charge in [0.1, 0.15) is 0 Å². The first-order valence-electron chi connectivity index (χ1n) is 22.4. The Morgan fingerprint density at radius 1 is 0.544 bits per heavy atom. The van der Waals surface area contributed by atoms with Crippen molar-refractivity contribution in [3.05, 3.63) is 85.0 Å². The van der Waals surface area contributed by atoms with Gasteiger partial charge < -0.3 is 30.8 Å². The molecule has 0 fully saturated rings. The van der Waals surface area contributed by atoms with Gasteiger partial charge in [0.05, 0.1) is 0 Å². The molecule has 9 heteroatoms. The lowest BCUT2D eigenvalue weighted by Crippen LogP contribution is -2.66. The number of benzene rings is 2. The number of amides is 4. The number of carbonyl (C=O) groups is 2. The van der Waals surface area contributed by atoms with E-state index in [2.05, 4.69) is 141 Å². The number of allylic oxidation sites excluding steroid dienone is 4. The molecular formula is C48H82N4O4Si. The van der Waals surface area contributed by atoms with Gasteiger partial charge >= 0.3 is 12.1 Å². The first-order chi connectivity index (χ1) is 27.7. The zero-order valence-electron chi connectivity index (χ0n) is 36.7. The monoisotopic (exact) mass is 807 g/mol. The Balaban J connectivity index is 0.000000688. The number of nitrogens with one attached hydrogen (secondary N) is 4. The van der Waals surface area contributed by atoms with Gasteiger partial charge in [-0.1, -0.05) is 145 Å². The van der Waals surface area contributed by atoms with Gasteiger partial charge in [-0.05, 0) is 105 Å². The molecule has 2 aromatic carbocycles. The maximum Gasteiger partial charge on any atom is 0.314 e. The minimum Gasteiger partial charge on any atom is -0.407 e. The molecule has 0 spiro atoms. The maximum atomic E-state index is 11.7. The SMILES string of the molecule is CCCCCNC(=O)NCCCC/C=C\CCCCO.CCCCCNC(=O)NCCCC/C=C\CCCCO[Si](c1ccccc1)(c1ccccc1)C(C)(C)C. The topological polar surface area (TPSA) is 112 Å². The molecule has 2 aromatic rings. The number of hydrogen-bond acceptors (Lipinski definition) is 4. The second-order valence-corrected chi connectivity index (χ2v) is 20.2. The van der Waals surface area contributed by atoms with E-state index < -0.39 is 8.32 Å². The fraction of sp³-hybridized carbons (Fsp3) is 0.625. The number of unbranched alkanes of at least 4 members (excludes halogenated alkanes) is 12. The Morgan fingerprint density at radius 3 is 1.25 bits per heavy atom. The molecule has 322 valence electrons. The van der Waals surface area contributed by atoms with Crippen molar-refractivity contribution in [1.82, 2.24) is 21.3 Å². The first kappa shape index (κ1) is 51.6. The molecule has 2 rings (SSSR count). The summed E-state index contributed by atoms with van der Waals surface area (Å²) in [6, 6.07) is 21.7. The third-order valence-electron chi connectivity index (χ3n) is 9.91. The highest BCUT2D eigenvalue weighted by atomic mass is 28.4. The normalized spacial score (nSPS) is 11.7. The first-order valence-corrected chi connectivity index (χ1v) is 24.3. The Bertz CT molecular complexity index is 1260. The van der Waals surface area contributed by atoms with Crippen molar-refractivity contribution in [2.75, 3.05) is 39.4 Å². The van der Waals surface area contributed by atoms with Crippen LogP contribution in [0.5, 0.6) is 0 Å². The molecule has 0 atom stereocenters. The second-order valence-electron chi connectivity index (χ2n) is 15.9. The summed E-state index contributed by atoms with van der Waals surface area (Å²) in [7, 11) is -2.42. The lowest BCUT2D eigenvalue weighted by molar-refractivity contribution is 0.239. The summed E-state index contributed by atoms with van der Waals surface area (Å²) in [6.45, 7) is 15.4. The largest absolute Gasteiger partial charge is 0.407 e. The van der Waals surface area contributed by atoms with Gasteiger partial charge in [0, 0.05) is 39.4 Å². The zero-order chi connectivity index (χ0) is 41.7. The molecule has 57 heavy (non-hydrogen) atoms. The van der Waals surface area contributed by atoms with Crippen LogP contribution in [-0.2, 0) is 4.43 Å². The van der Waals surface area contributed by atoms with Crippen molar-refractivity contribution in [3.63, 3.8) is 0 Å². The van der Waals surface area contributed by atoms with Crippen LogP contribution in [0.15, 0.2) is 85.0 Å². The molecule has 5 N–H and O–H groups in total. The molecule has 8 nitrogen and oxygen atoms in total. The van der Waals surface area contributed by atoms with Gasteiger partial charge in [-0.3, -0.25) is 0 Å². The number of aliphatic hydroxyl groups is 1. The quantitative estimate of drug-likeness (QED) is 0.0307. The molecule has 0 bridgehead atoms. The fourth-order valence-electron chi connectivity index (χ4n) is 6.65.